The quantitative estimate of drug-likeness (QED) is 0.818. The van der Waals surface area contributed by atoms with E-state index in [9.17, 15) is 0 Å². The first kappa shape index (κ1) is 9.97. The van der Waals surface area contributed by atoms with E-state index >= 15 is 0 Å². The molecule has 0 bridgehead atoms. The van der Waals surface area contributed by atoms with Crippen LogP contribution in [0.15, 0.2) is 18.2 Å². The van der Waals surface area contributed by atoms with Gasteiger partial charge in [-0.3, -0.25) is 0 Å². The van der Waals surface area contributed by atoms with Gasteiger partial charge in [0.25, 0.3) is 0 Å². The van der Waals surface area contributed by atoms with Gasteiger partial charge in [0.05, 0.1) is 7.11 Å². The lowest BCUT2D eigenvalue weighted by atomic mass is 10.1. The fourth-order valence-corrected chi connectivity index (χ4v) is 2.42. The van der Waals surface area contributed by atoms with E-state index in [1.165, 1.54) is 24.1 Å². The molecule has 3 nitrogen and oxygen atoms in total. The first-order valence-corrected chi connectivity index (χ1v) is 6.03. The number of anilines is 1. The summed E-state index contributed by atoms with van der Waals surface area (Å²) in [6.45, 7) is 3.16. The van der Waals surface area contributed by atoms with Crippen molar-refractivity contribution in [2.75, 3.05) is 25.1 Å². The van der Waals surface area contributed by atoms with Gasteiger partial charge in [0.1, 0.15) is 5.75 Å². The van der Waals surface area contributed by atoms with Crippen molar-refractivity contribution in [3.05, 3.63) is 23.8 Å². The van der Waals surface area contributed by atoms with Gasteiger partial charge in [0.15, 0.2) is 0 Å². The van der Waals surface area contributed by atoms with Crippen LogP contribution in [0.25, 0.3) is 0 Å². The van der Waals surface area contributed by atoms with E-state index in [-0.39, 0.29) is 0 Å². The minimum Gasteiger partial charge on any atom is -0.497 e. The average Bonchev–Trinajstić information content (AvgIpc) is 3.13. The number of hydrogen-bond acceptors (Lipinski definition) is 3. The Bertz CT molecular complexity index is 388. The molecule has 1 heterocycles. The molecule has 86 valence electrons. The number of rotatable bonds is 2. The second kappa shape index (κ2) is 3.98. The molecule has 0 spiro atoms. The summed E-state index contributed by atoms with van der Waals surface area (Å²) in [6.07, 6.45) is 2.71. The smallest absolute Gasteiger partial charge is 0.119 e. The highest BCUT2D eigenvalue weighted by molar-refractivity contribution is 5.58. The maximum Gasteiger partial charge on any atom is 0.119 e. The molecule has 1 fully saturated rings. The number of hydrogen-bond donors (Lipinski definition) is 1. The van der Waals surface area contributed by atoms with Crippen LogP contribution in [0.1, 0.15) is 18.4 Å². The van der Waals surface area contributed by atoms with Gasteiger partial charge >= 0.3 is 0 Å². The van der Waals surface area contributed by atoms with Crippen molar-refractivity contribution in [3.63, 3.8) is 0 Å². The Kier molecular flexibility index (Phi) is 2.48. The van der Waals surface area contributed by atoms with E-state index in [0.29, 0.717) is 0 Å². The SMILES string of the molecule is COc1ccc2c(c1)CNCCN2C1CC1. The number of ether oxygens (including phenoxy) is 1. The highest BCUT2D eigenvalue weighted by Crippen LogP contribution is 2.35. The predicted octanol–water partition coefficient (Wildman–Crippen LogP) is 1.77. The highest BCUT2D eigenvalue weighted by Gasteiger charge is 2.31. The third kappa shape index (κ3) is 1.76. The van der Waals surface area contributed by atoms with Gasteiger partial charge in [-0.15, -0.1) is 0 Å². The van der Waals surface area contributed by atoms with Crippen molar-refractivity contribution in [1.82, 2.24) is 5.32 Å². The van der Waals surface area contributed by atoms with Crippen LogP contribution in [0.2, 0.25) is 0 Å². The van der Waals surface area contributed by atoms with Gasteiger partial charge in [0, 0.05) is 31.4 Å². The van der Waals surface area contributed by atoms with Crippen molar-refractivity contribution in [3.8, 4) is 5.75 Å². The fraction of sp³-hybridized carbons (Fsp3) is 0.538. The molecule has 0 amide bonds. The first-order valence-electron chi connectivity index (χ1n) is 6.03. The van der Waals surface area contributed by atoms with Crippen LogP contribution in [-0.4, -0.2) is 26.2 Å². The van der Waals surface area contributed by atoms with Crippen molar-refractivity contribution in [1.29, 1.82) is 0 Å². The van der Waals surface area contributed by atoms with E-state index in [2.05, 4.69) is 28.4 Å². The molecule has 2 aliphatic rings. The van der Waals surface area contributed by atoms with Crippen molar-refractivity contribution in [2.24, 2.45) is 0 Å². The van der Waals surface area contributed by atoms with Crippen LogP contribution in [-0.2, 0) is 6.54 Å². The molecule has 1 aliphatic heterocycles. The molecule has 0 radical (unpaired) electrons. The predicted molar refractivity (Wildman–Crippen MR) is 65.1 cm³/mol. The molecule has 3 rings (SSSR count). The largest absolute Gasteiger partial charge is 0.497 e. The van der Waals surface area contributed by atoms with Gasteiger partial charge in [0.2, 0.25) is 0 Å². The molecule has 1 N–H and O–H groups in total. The summed E-state index contributed by atoms with van der Waals surface area (Å²) < 4.78 is 5.29. The van der Waals surface area contributed by atoms with Crippen LogP contribution in [0.3, 0.4) is 0 Å². The van der Waals surface area contributed by atoms with Crippen molar-refractivity contribution in [2.45, 2.75) is 25.4 Å². The average molecular weight is 218 g/mol. The van der Waals surface area contributed by atoms with E-state index in [1.54, 1.807) is 7.11 Å². The van der Waals surface area contributed by atoms with Gasteiger partial charge in [-0.2, -0.15) is 0 Å². The summed E-state index contributed by atoms with van der Waals surface area (Å²) in [7, 11) is 1.73. The molecule has 0 saturated heterocycles. The Morgan fingerprint density at radius 1 is 1.38 bits per heavy atom. The monoisotopic (exact) mass is 218 g/mol. The molecule has 1 aliphatic carbocycles. The number of nitrogens with zero attached hydrogens (tertiary/aromatic N) is 1. The number of methoxy groups -OCH3 is 1. The lowest BCUT2D eigenvalue weighted by Crippen LogP contribution is -2.30. The van der Waals surface area contributed by atoms with Gasteiger partial charge in [-0.25, -0.2) is 0 Å². The standard InChI is InChI=1S/C13H18N2O/c1-16-12-4-5-13-10(8-12)9-14-6-7-15(13)11-2-3-11/h4-5,8,11,14H,2-3,6-7,9H2,1H3. The molecule has 1 saturated carbocycles. The van der Waals surface area contributed by atoms with Gasteiger partial charge in [-0.1, -0.05) is 0 Å². The second-order valence-corrected chi connectivity index (χ2v) is 4.60. The molecule has 0 atom stereocenters. The van der Waals surface area contributed by atoms with Crippen molar-refractivity contribution >= 4 is 5.69 Å². The van der Waals surface area contributed by atoms with Crippen LogP contribution < -0.4 is 15.0 Å². The second-order valence-electron chi connectivity index (χ2n) is 4.60. The summed E-state index contributed by atoms with van der Waals surface area (Å²) in [4.78, 5) is 2.55. The lowest BCUT2D eigenvalue weighted by Gasteiger charge is -2.24. The Morgan fingerprint density at radius 3 is 3.00 bits per heavy atom. The van der Waals surface area contributed by atoms with E-state index in [0.717, 1.165) is 31.4 Å². The van der Waals surface area contributed by atoms with Crippen molar-refractivity contribution < 1.29 is 4.74 Å². The van der Waals surface area contributed by atoms with Gasteiger partial charge in [-0.05, 0) is 36.6 Å². The molecule has 0 aromatic heterocycles. The third-order valence-corrected chi connectivity index (χ3v) is 3.43. The first-order chi connectivity index (χ1) is 7.88. The van der Waals surface area contributed by atoms with Crippen LogP contribution >= 0.6 is 0 Å². The topological polar surface area (TPSA) is 24.5 Å². The zero-order chi connectivity index (χ0) is 11.0. The molecule has 16 heavy (non-hydrogen) atoms. The summed E-state index contributed by atoms with van der Waals surface area (Å²) in [6, 6.07) is 7.22. The molecule has 1 aromatic carbocycles. The number of benzene rings is 1. The summed E-state index contributed by atoms with van der Waals surface area (Å²) >= 11 is 0. The Morgan fingerprint density at radius 2 is 2.25 bits per heavy atom. The van der Waals surface area contributed by atoms with E-state index in [1.807, 2.05) is 0 Å². The summed E-state index contributed by atoms with van der Waals surface area (Å²) in [5.74, 6) is 0.957. The zero-order valence-electron chi connectivity index (χ0n) is 9.70. The van der Waals surface area contributed by atoms with Crippen LogP contribution in [0.5, 0.6) is 5.75 Å². The van der Waals surface area contributed by atoms with E-state index < -0.39 is 0 Å². The van der Waals surface area contributed by atoms with E-state index in [4.69, 9.17) is 4.74 Å². The molecular weight excluding hydrogens is 200 g/mol. The van der Waals surface area contributed by atoms with Crippen LogP contribution in [0.4, 0.5) is 5.69 Å². The number of nitrogens with one attached hydrogen (secondary N) is 1. The highest BCUT2D eigenvalue weighted by atomic mass is 16.5. The maximum absolute atomic E-state index is 5.29. The fourth-order valence-electron chi connectivity index (χ4n) is 2.42. The van der Waals surface area contributed by atoms with Gasteiger partial charge < -0.3 is 15.0 Å². The summed E-state index contributed by atoms with van der Waals surface area (Å²) in [5, 5.41) is 3.47. The Hall–Kier alpha value is -1.22. The van der Waals surface area contributed by atoms with Crippen LogP contribution in [0, 0.1) is 0 Å². The maximum atomic E-state index is 5.29. The Labute approximate surface area is 96.4 Å². The Balaban J connectivity index is 1.97. The molecule has 1 aromatic rings. The molecule has 0 unspecified atom stereocenters. The zero-order valence-corrected chi connectivity index (χ0v) is 9.70. The normalized spacial score (nSPS) is 20.2. The third-order valence-electron chi connectivity index (χ3n) is 3.43. The number of fused-ring (bicyclic) bond motifs is 1. The lowest BCUT2D eigenvalue weighted by molar-refractivity contribution is 0.414. The molecule has 3 heteroatoms. The summed E-state index contributed by atoms with van der Waals surface area (Å²) in [5.41, 5.74) is 2.76. The minimum absolute atomic E-state index is 0.784. The minimum atomic E-state index is 0.784. The molecular formula is C13H18N2O.